The minimum absolute atomic E-state index is 0.859. The fraction of sp³-hybridized carbons (Fsp3) is 0. The van der Waals surface area contributed by atoms with Crippen molar-refractivity contribution >= 4 is 60.5 Å². The van der Waals surface area contributed by atoms with E-state index < -0.39 is 0 Å². The lowest BCUT2D eigenvalue weighted by atomic mass is 9.97. The molecule has 0 aliphatic rings. The third-order valence-electron chi connectivity index (χ3n) is 10.2. The molecule has 1 aromatic heterocycles. The zero-order valence-electron chi connectivity index (χ0n) is 28.4. The first-order chi connectivity index (χ1) is 25.8. The quantitative estimate of drug-likeness (QED) is 0.176. The highest BCUT2D eigenvalue weighted by molar-refractivity contribution is 6.14. The molecule has 9 aromatic carbocycles. The number of benzene rings is 9. The molecule has 0 unspecified atom stereocenters. The maximum Gasteiger partial charge on any atom is 0.159 e. The molecule has 0 spiro atoms. The van der Waals surface area contributed by atoms with Crippen molar-refractivity contribution in [3.05, 3.63) is 200 Å². The smallest absolute Gasteiger partial charge is 0.159 e. The van der Waals surface area contributed by atoms with Crippen LogP contribution in [0.5, 0.6) is 0 Å². The van der Waals surface area contributed by atoms with Gasteiger partial charge in [0.25, 0.3) is 0 Å². The first-order valence-corrected chi connectivity index (χ1v) is 17.8. The van der Waals surface area contributed by atoms with Crippen molar-refractivity contribution in [2.45, 2.75) is 0 Å². The lowest BCUT2D eigenvalue weighted by Crippen LogP contribution is -2.10. The third-order valence-corrected chi connectivity index (χ3v) is 10.2. The molecular weight excluding hydrogens is 631 g/mol. The number of para-hydroxylation sites is 2. The molecule has 0 amide bonds. The Hall–Kier alpha value is -6.90. The second-order valence-electron chi connectivity index (χ2n) is 13.3. The van der Waals surface area contributed by atoms with Gasteiger partial charge in [0.05, 0.1) is 5.69 Å². The van der Waals surface area contributed by atoms with Crippen molar-refractivity contribution in [2.75, 3.05) is 4.90 Å². The van der Waals surface area contributed by atoms with Gasteiger partial charge >= 0.3 is 0 Å². The molecule has 52 heavy (non-hydrogen) atoms. The molecule has 0 saturated heterocycles. The van der Waals surface area contributed by atoms with Crippen LogP contribution < -0.4 is 4.90 Å². The summed E-state index contributed by atoms with van der Waals surface area (Å²) in [5.74, 6) is 0. The Morgan fingerprint density at radius 3 is 1.69 bits per heavy atom. The van der Waals surface area contributed by atoms with Gasteiger partial charge in [-0.15, -0.1) is 0 Å². The molecule has 10 aromatic rings. The molecule has 0 saturated carbocycles. The molecule has 0 fully saturated rings. The first kappa shape index (κ1) is 30.0. The summed E-state index contributed by atoms with van der Waals surface area (Å²) in [5.41, 5.74) is 11.9. The van der Waals surface area contributed by atoms with E-state index in [1.54, 1.807) is 0 Å². The molecule has 0 bridgehead atoms. The van der Waals surface area contributed by atoms with Crippen molar-refractivity contribution in [1.82, 2.24) is 0 Å². The zero-order chi connectivity index (χ0) is 34.4. The minimum atomic E-state index is 0.859. The number of fused-ring (bicyclic) bond motifs is 5. The second-order valence-corrected chi connectivity index (χ2v) is 13.3. The Balaban J connectivity index is 1.16. The molecule has 0 radical (unpaired) electrons. The molecule has 10 rings (SSSR count). The summed E-state index contributed by atoms with van der Waals surface area (Å²) in [7, 11) is 0. The summed E-state index contributed by atoms with van der Waals surface area (Å²) < 4.78 is 6.95. The van der Waals surface area contributed by atoms with Crippen molar-refractivity contribution in [1.29, 1.82) is 0 Å². The standard InChI is InChI=1S/C50H33NO/c1-3-13-36(14-4-1)43-19-9-18-40-33-42(30-31-44(40)43)51(41-28-26-35(27-29-41)39-25-24-34-12-7-8-17-38(34)32-39)48-23-11-22-47-46-21-10-20-45(49(46)52-50(47)48)37-15-5-2-6-16-37/h1-33H. The van der Waals surface area contributed by atoms with E-state index >= 15 is 0 Å². The van der Waals surface area contributed by atoms with Crippen LogP contribution in [0.3, 0.4) is 0 Å². The fourth-order valence-corrected chi connectivity index (χ4v) is 7.71. The van der Waals surface area contributed by atoms with Crippen LogP contribution in [0.25, 0.3) is 76.9 Å². The van der Waals surface area contributed by atoms with Crippen LogP contribution in [0, 0.1) is 0 Å². The van der Waals surface area contributed by atoms with Gasteiger partial charge in [-0.2, -0.15) is 0 Å². The van der Waals surface area contributed by atoms with Gasteiger partial charge in [-0.3, -0.25) is 0 Å². The van der Waals surface area contributed by atoms with Crippen molar-refractivity contribution < 1.29 is 4.42 Å². The summed E-state index contributed by atoms with van der Waals surface area (Å²) in [5, 5.41) is 7.09. The molecule has 0 aliphatic carbocycles. The predicted molar refractivity (Wildman–Crippen MR) is 220 cm³/mol. The summed E-state index contributed by atoms with van der Waals surface area (Å²) in [6.07, 6.45) is 0. The maximum atomic E-state index is 6.95. The number of anilines is 3. The van der Waals surface area contributed by atoms with Crippen LogP contribution in [-0.4, -0.2) is 0 Å². The van der Waals surface area contributed by atoms with Crippen LogP contribution in [0.2, 0.25) is 0 Å². The van der Waals surface area contributed by atoms with Crippen LogP contribution in [0.15, 0.2) is 205 Å². The van der Waals surface area contributed by atoms with E-state index in [0.717, 1.165) is 50.1 Å². The average Bonchev–Trinajstić information content (AvgIpc) is 3.61. The van der Waals surface area contributed by atoms with Gasteiger partial charge in [0.15, 0.2) is 5.58 Å². The summed E-state index contributed by atoms with van der Waals surface area (Å²) in [6.45, 7) is 0. The summed E-state index contributed by atoms with van der Waals surface area (Å²) in [6, 6.07) is 71.6. The van der Waals surface area contributed by atoms with E-state index in [1.165, 1.54) is 43.8 Å². The van der Waals surface area contributed by atoms with Crippen LogP contribution in [0.1, 0.15) is 0 Å². The lowest BCUT2D eigenvalue weighted by molar-refractivity contribution is 0.670. The Labute approximate surface area is 302 Å². The van der Waals surface area contributed by atoms with Crippen molar-refractivity contribution in [3.63, 3.8) is 0 Å². The van der Waals surface area contributed by atoms with Gasteiger partial charge in [0, 0.05) is 27.7 Å². The van der Waals surface area contributed by atoms with Crippen LogP contribution >= 0.6 is 0 Å². The van der Waals surface area contributed by atoms with E-state index in [1.807, 2.05) is 0 Å². The highest BCUT2D eigenvalue weighted by atomic mass is 16.3. The van der Waals surface area contributed by atoms with E-state index in [0.29, 0.717) is 0 Å². The molecule has 0 atom stereocenters. The van der Waals surface area contributed by atoms with Crippen molar-refractivity contribution in [2.24, 2.45) is 0 Å². The number of hydrogen-bond acceptors (Lipinski definition) is 2. The Morgan fingerprint density at radius 2 is 0.904 bits per heavy atom. The van der Waals surface area contributed by atoms with E-state index in [2.05, 4.69) is 205 Å². The Kier molecular flexibility index (Phi) is 7.18. The van der Waals surface area contributed by atoms with Crippen molar-refractivity contribution in [3.8, 4) is 33.4 Å². The van der Waals surface area contributed by atoms with Gasteiger partial charge < -0.3 is 9.32 Å². The van der Waals surface area contributed by atoms with Crippen LogP contribution in [-0.2, 0) is 0 Å². The molecule has 0 N–H and O–H groups in total. The molecule has 2 nitrogen and oxygen atoms in total. The lowest BCUT2D eigenvalue weighted by Gasteiger charge is -2.26. The highest BCUT2D eigenvalue weighted by Crippen LogP contribution is 2.45. The summed E-state index contributed by atoms with van der Waals surface area (Å²) >= 11 is 0. The second kappa shape index (κ2) is 12.5. The largest absolute Gasteiger partial charge is 0.453 e. The number of nitrogens with zero attached hydrogens (tertiary/aromatic N) is 1. The minimum Gasteiger partial charge on any atom is -0.453 e. The normalized spacial score (nSPS) is 11.5. The fourth-order valence-electron chi connectivity index (χ4n) is 7.71. The number of furan rings is 1. The first-order valence-electron chi connectivity index (χ1n) is 17.8. The SMILES string of the molecule is c1ccc(-c2cccc3cc(N(c4ccc(-c5ccc6ccccc6c5)cc4)c4cccc5c4oc4c(-c6ccccc6)cccc45)ccc23)cc1. The molecule has 244 valence electrons. The van der Waals surface area contributed by atoms with Gasteiger partial charge in [-0.1, -0.05) is 164 Å². The Morgan fingerprint density at radius 1 is 0.308 bits per heavy atom. The molecule has 2 heteroatoms. The third kappa shape index (κ3) is 5.12. The topological polar surface area (TPSA) is 16.4 Å². The van der Waals surface area contributed by atoms with Gasteiger partial charge in [-0.05, 0) is 85.8 Å². The monoisotopic (exact) mass is 663 g/mol. The maximum absolute atomic E-state index is 6.95. The van der Waals surface area contributed by atoms with Gasteiger partial charge in [-0.25, -0.2) is 0 Å². The number of rotatable bonds is 6. The molecular formula is C50H33NO. The molecule has 0 aliphatic heterocycles. The summed E-state index contributed by atoms with van der Waals surface area (Å²) in [4.78, 5) is 2.34. The predicted octanol–water partition coefficient (Wildman–Crippen LogP) is 14.4. The van der Waals surface area contributed by atoms with Crippen LogP contribution in [0.4, 0.5) is 17.1 Å². The average molecular weight is 664 g/mol. The van der Waals surface area contributed by atoms with E-state index in [9.17, 15) is 0 Å². The number of hydrogen-bond donors (Lipinski definition) is 0. The van der Waals surface area contributed by atoms with Gasteiger partial charge in [0.2, 0.25) is 0 Å². The molecule has 1 heterocycles. The van der Waals surface area contributed by atoms with E-state index in [4.69, 9.17) is 4.42 Å². The Bertz CT molecular complexity index is 2890. The zero-order valence-corrected chi connectivity index (χ0v) is 28.4. The highest BCUT2D eigenvalue weighted by Gasteiger charge is 2.21. The van der Waals surface area contributed by atoms with E-state index in [-0.39, 0.29) is 0 Å². The van der Waals surface area contributed by atoms with Gasteiger partial charge in [0.1, 0.15) is 5.58 Å².